The van der Waals surface area contributed by atoms with Gasteiger partial charge in [0.05, 0.1) is 0 Å². The Labute approximate surface area is 129 Å². The third-order valence-corrected chi connectivity index (χ3v) is 3.44. The Kier molecular flexibility index (Phi) is 5.60. The number of rotatable bonds is 6. The van der Waals surface area contributed by atoms with Crippen LogP contribution < -0.4 is 20.1 Å². The largest absolute Gasteiger partial charge is 0.454 e. The minimum atomic E-state index is -0.696. The van der Waals surface area contributed by atoms with Gasteiger partial charge in [0.2, 0.25) is 6.79 Å². The zero-order valence-corrected chi connectivity index (χ0v) is 12.8. The number of fused-ring (bicyclic) bond motifs is 1. The van der Waals surface area contributed by atoms with Gasteiger partial charge in [-0.2, -0.15) is 0 Å². The van der Waals surface area contributed by atoms with E-state index < -0.39 is 11.8 Å². The number of benzene rings is 1. The van der Waals surface area contributed by atoms with Crippen molar-refractivity contribution in [2.75, 3.05) is 38.3 Å². The van der Waals surface area contributed by atoms with Crippen LogP contribution in [0.15, 0.2) is 18.2 Å². The van der Waals surface area contributed by atoms with Crippen molar-refractivity contribution in [3.05, 3.63) is 18.2 Å². The molecule has 0 saturated carbocycles. The van der Waals surface area contributed by atoms with E-state index in [-0.39, 0.29) is 6.79 Å². The highest BCUT2D eigenvalue weighted by molar-refractivity contribution is 6.39. The summed E-state index contributed by atoms with van der Waals surface area (Å²) >= 11 is 0. The van der Waals surface area contributed by atoms with E-state index in [2.05, 4.69) is 29.4 Å². The summed E-state index contributed by atoms with van der Waals surface area (Å²) in [5.74, 6) is -0.162. The van der Waals surface area contributed by atoms with E-state index in [4.69, 9.17) is 9.47 Å². The van der Waals surface area contributed by atoms with Crippen LogP contribution in [0.3, 0.4) is 0 Å². The molecule has 22 heavy (non-hydrogen) atoms. The monoisotopic (exact) mass is 307 g/mol. The van der Waals surface area contributed by atoms with Crippen molar-refractivity contribution in [1.29, 1.82) is 0 Å². The Morgan fingerprint density at radius 1 is 1.14 bits per heavy atom. The molecule has 0 bridgehead atoms. The second kappa shape index (κ2) is 7.65. The zero-order chi connectivity index (χ0) is 15.9. The van der Waals surface area contributed by atoms with Gasteiger partial charge in [-0.15, -0.1) is 0 Å². The number of anilines is 1. The van der Waals surface area contributed by atoms with Crippen molar-refractivity contribution in [2.45, 2.75) is 13.8 Å². The molecule has 1 heterocycles. The average molecular weight is 307 g/mol. The van der Waals surface area contributed by atoms with Gasteiger partial charge in [0.1, 0.15) is 0 Å². The Bertz CT molecular complexity index is 544. The molecule has 0 aromatic heterocycles. The van der Waals surface area contributed by atoms with Crippen LogP contribution in [-0.2, 0) is 9.59 Å². The molecule has 0 radical (unpaired) electrons. The molecule has 1 aliphatic heterocycles. The molecule has 1 aliphatic rings. The van der Waals surface area contributed by atoms with Crippen molar-refractivity contribution in [3.8, 4) is 11.5 Å². The van der Waals surface area contributed by atoms with Crippen LogP contribution >= 0.6 is 0 Å². The van der Waals surface area contributed by atoms with Gasteiger partial charge < -0.3 is 25.0 Å². The predicted molar refractivity (Wildman–Crippen MR) is 82.0 cm³/mol. The van der Waals surface area contributed by atoms with Crippen molar-refractivity contribution in [3.63, 3.8) is 0 Å². The number of carbonyl (C=O) groups excluding carboxylic acids is 2. The molecule has 120 valence electrons. The maximum atomic E-state index is 11.8. The van der Waals surface area contributed by atoms with Crippen LogP contribution in [0.1, 0.15) is 13.8 Å². The summed E-state index contributed by atoms with van der Waals surface area (Å²) in [7, 11) is 0. The summed E-state index contributed by atoms with van der Waals surface area (Å²) in [5.41, 5.74) is 0.494. The predicted octanol–water partition coefficient (Wildman–Crippen LogP) is 0.812. The van der Waals surface area contributed by atoms with Gasteiger partial charge in [0, 0.05) is 24.8 Å². The second-order valence-corrected chi connectivity index (χ2v) is 4.80. The maximum absolute atomic E-state index is 11.8. The van der Waals surface area contributed by atoms with Crippen LogP contribution in [0.5, 0.6) is 11.5 Å². The number of hydrogen-bond donors (Lipinski definition) is 2. The highest BCUT2D eigenvalue weighted by atomic mass is 16.7. The number of ether oxygens (including phenoxy) is 2. The molecule has 0 fully saturated rings. The highest BCUT2D eigenvalue weighted by Crippen LogP contribution is 2.34. The lowest BCUT2D eigenvalue weighted by molar-refractivity contribution is -0.136. The number of nitrogens with one attached hydrogen (secondary N) is 2. The first kappa shape index (κ1) is 16.1. The molecule has 2 N–H and O–H groups in total. The first-order valence-electron chi connectivity index (χ1n) is 7.35. The summed E-state index contributed by atoms with van der Waals surface area (Å²) in [5, 5.41) is 5.14. The fourth-order valence-electron chi connectivity index (χ4n) is 2.11. The molecule has 0 unspecified atom stereocenters. The lowest BCUT2D eigenvalue weighted by atomic mass is 10.2. The smallest absolute Gasteiger partial charge is 0.313 e. The van der Waals surface area contributed by atoms with E-state index in [9.17, 15) is 9.59 Å². The molecule has 0 atom stereocenters. The van der Waals surface area contributed by atoms with E-state index >= 15 is 0 Å². The number of carbonyl (C=O) groups is 2. The fraction of sp³-hybridized carbons (Fsp3) is 0.467. The Morgan fingerprint density at radius 2 is 1.86 bits per heavy atom. The average Bonchev–Trinajstić information content (AvgIpc) is 2.99. The first-order valence-corrected chi connectivity index (χ1v) is 7.35. The van der Waals surface area contributed by atoms with Gasteiger partial charge in [-0.05, 0) is 25.2 Å². The van der Waals surface area contributed by atoms with Crippen LogP contribution in [-0.4, -0.2) is 49.7 Å². The van der Waals surface area contributed by atoms with Gasteiger partial charge in [-0.1, -0.05) is 13.8 Å². The number of amides is 2. The molecular formula is C15H21N3O4. The van der Waals surface area contributed by atoms with Crippen LogP contribution in [0.2, 0.25) is 0 Å². The van der Waals surface area contributed by atoms with Crippen molar-refractivity contribution in [2.24, 2.45) is 0 Å². The van der Waals surface area contributed by atoms with Gasteiger partial charge in [0.25, 0.3) is 0 Å². The normalized spacial score (nSPS) is 12.3. The molecule has 0 aliphatic carbocycles. The zero-order valence-electron chi connectivity index (χ0n) is 12.8. The van der Waals surface area contributed by atoms with Crippen LogP contribution in [0.4, 0.5) is 5.69 Å². The minimum Gasteiger partial charge on any atom is -0.454 e. The summed E-state index contributed by atoms with van der Waals surface area (Å²) in [6, 6.07) is 4.98. The summed E-state index contributed by atoms with van der Waals surface area (Å²) in [6.07, 6.45) is 0. The van der Waals surface area contributed by atoms with Gasteiger partial charge in [-0.25, -0.2) is 0 Å². The fourth-order valence-corrected chi connectivity index (χ4v) is 2.11. The van der Waals surface area contributed by atoms with Crippen LogP contribution in [0.25, 0.3) is 0 Å². The van der Waals surface area contributed by atoms with Crippen LogP contribution in [0, 0.1) is 0 Å². The van der Waals surface area contributed by atoms with E-state index in [0.29, 0.717) is 23.7 Å². The van der Waals surface area contributed by atoms with Crippen molar-refractivity contribution < 1.29 is 19.1 Å². The molecule has 2 amide bonds. The molecular weight excluding hydrogens is 286 g/mol. The number of nitrogens with zero attached hydrogens (tertiary/aromatic N) is 1. The quantitative estimate of drug-likeness (QED) is 0.760. The Balaban J connectivity index is 1.80. The summed E-state index contributed by atoms with van der Waals surface area (Å²) in [6.45, 7) is 7.25. The molecule has 1 aromatic rings. The summed E-state index contributed by atoms with van der Waals surface area (Å²) < 4.78 is 10.4. The highest BCUT2D eigenvalue weighted by Gasteiger charge is 2.17. The topological polar surface area (TPSA) is 79.9 Å². The van der Waals surface area contributed by atoms with Crippen molar-refractivity contribution >= 4 is 17.5 Å². The minimum absolute atomic E-state index is 0.165. The number of hydrogen-bond acceptors (Lipinski definition) is 5. The molecule has 1 aromatic carbocycles. The molecule has 2 rings (SSSR count). The Hall–Kier alpha value is -2.28. The van der Waals surface area contributed by atoms with Crippen molar-refractivity contribution in [1.82, 2.24) is 10.2 Å². The van der Waals surface area contributed by atoms with E-state index in [0.717, 1.165) is 19.6 Å². The van der Waals surface area contributed by atoms with E-state index in [1.165, 1.54) is 0 Å². The third-order valence-electron chi connectivity index (χ3n) is 3.44. The lowest BCUT2D eigenvalue weighted by Crippen LogP contribution is -2.40. The van der Waals surface area contributed by atoms with Gasteiger partial charge in [0.15, 0.2) is 11.5 Å². The number of likely N-dealkylation sites (N-methyl/N-ethyl adjacent to an activating group) is 1. The molecule has 7 nitrogen and oxygen atoms in total. The SMILES string of the molecule is CCN(CC)CCNC(=O)C(=O)Nc1ccc2c(c1)OCO2. The summed E-state index contributed by atoms with van der Waals surface area (Å²) in [4.78, 5) is 25.7. The van der Waals surface area contributed by atoms with E-state index in [1.54, 1.807) is 18.2 Å². The molecule has 0 spiro atoms. The van der Waals surface area contributed by atoms with Gasteiger partial charge >= 0.3 is 11.8 Å². The van der Waals surface area contributed by atoms with E-state index in [1.807, 2.05) is 0 Å². The van der Waals surface area contributed by atoms with Gasteiger partial charge in [-0.3, -0.25) is 9.59 Å². The molecule has 0 saturated heterocycles. The third kappa shape index (κ3) is 4.11. The Morgan fingerprint density at radius 3 is 2.59 bits per heavy atom. The standard InChI is InChI=1S/C15H21N3O4/c1-3-18(4-2)8-7-16-14(19)15(20)17-11-5-6-12-13(9-11)22-10-21-12/h5-6,9H,3-4,7-8,10H2,1-2H3,(H,16,19)(H,17,20). The first-order chi connectivity index (χ1) is 10.6. The maximum Gasteiger partial charge on any atom is 0.313 e. The molecule has 7 heteroatoms. The second-order valence-electron chi connectivity index (χ2n) is 4.80. The lowest BCUT2D eigenvalue weighted by Gasteiger charge is -2.17.